The van der Waals surface area contributed by atoms with Gasteiger partial charge in [0.1, 0.15) is 11.5 Å². The number of hydrogen-bond donors (Lipinski definition) is 2. The molecule has 0 aromatic heterocycles. The molecule has 2 N–H and O–H groups in total. The smallest absolute Gasteiger partial charge is 0.338 e. The van der Waals surface area contributed by atoms with E-state index in [4.69, 9.17) is 4.74 Å². The van der Waals surface area contributed by atoms with E-state index in [9.17, 15) is 15.0 Å². The Hall–Kier alpha value is -1.71. The molecule has 1 aromatic rings. The van der Waals surface area contributed by atoms with Gasteiger partial charge in [-0.15, -0.1) is 0 Å². The first-order valence-electron chi connectivity index (χ1n) is 5.83. The van der Waals surface area contributed by atoms with Crippen molar-refractivity contribution in [3.63, 3.8) is 0 Å². The van der Waals surface area contributed by atoms with Gasteiger partial charge in [-0.25, -0.2) is 4.79 Å². The highest BCUT2D eigenvalue weighted by atomic mass is 16.5. The first kappa shape index (κ1) is 13.4. The Balaban J connectivity index is 2.41. The number of unbranched alkanes of at least 4 members (excludes halogenated alkanes) is 3. The zero-order valence-corrected chi connectivity index (χ0v) is 9.98. The molecule has 0 radical (unpaired) electrons. The number of carbonyl (C=O) groups excluding carboxylic acids is 1. The minimum Gasteiger partial charge on any atom is -0.508 e. The van der Waals surface area contributed by atoms with E-state index in [0.717, 1.165) is 31.7 Å². The molecule has 4 nitrogen and oxygen atoms in total. The average Bonchev–Trinajstić information content (AvgIpc) is 2.27. The molecule has 0 spiro atoms. The van der Waals surface area contributed by atoms with Crippen LogP contribution in [0, 0.1) is 0 Å². The fourth-order valence-electron chi connectivity index (χ4n) is 1.49. The van der Waals surface area contributed by atoms with Gasteiger partial charge in [0.05, 0.1) is 12.2 Å². The molecule has 0 aliphatic rings. The van der Waals surface area contributed by atoms with Crippen molar-refractivity contribution in [1.82, 2.24) is 0 Å². The number of ether oxygens (including phenoxy) is 1. The Kier molecular flexibility index (Phi) is 5.33. The average molecular weight is 238 g/mol. The number of rotatable bonds is 6. The fourth-order valence-corrected chi connectivity index (χ4v) is 1.49. The van der Waals surface area contributed by atoms with Crippen LogP contribution >= 0.6 is 0 Å². The molecule has 0 amide bonds. The van der Waals surface area contributed by atoms with Crippen LogP contribution < -0.4 is 0 Å². The van der Waals surface area contributed by atoms with Gasteiger partial charge in [0.25, 0.3) is 0 Å². The monoisotopic (exact) mass is 238 g/mol. The van der Waals surface area contributed by atoms with Crippen LogP contribution in [0.3, 0.4) is 0 Å². The summed E-state index contributed by atoms with van der Waals surface area (Å²) in [6, 6.07) is 3.71. The van der Waals surface area contributed by atoms with Crippen LogP contribution in [0.15, 0.2) is 18.2 Å². The highest BCUT2D eigenvalue weighted by Crippen LogP contribution is 2.20. The van der Waals surface area contributed by atoms with Crippen LogP contribution in [-0.2, 0) is 4.74 Å². The lowest BCUT2D eigenvalue weighted by Crippen LogP contribution is -2.06. The van der Waals surface area contributed by atoms with Crippen LogP contribution in [0.2, 0.25) is 0 Å². The Morgan fingerprint density at radius 3 is 2.35 bits per heavy atom. The van der Waals surface area contributed by atoms with E-state index in [2.05, 4.69) is 6.92 Å². The maximum atomic E-state index is 11.5. The Morgan fingerprint density at radius 1 is 1.12 bits per heavy atom. The quantitative estimate of drug-likeness (QED) is 0.590. The topological polar surface area (TPSA) is 66.8 Å². The predicted molar refractivity (Wildman–Crippen MR) is 64.2 cm³/mol. The van der Waals surface area contributed by atoms with E-state index >= 15 is 0 Å². The van der Waals surface area contributed by atoms with Crippen LogP contribution in [0.1, 0.15) is 43.0 Å². The summed E-state index contributed by atoms with van der Waals surface area (Å²) in [6.45, 7) is 2.48. The SMILES string of the molecule is CCCCCCOC(=O)c1cc(O)cc(O)c1. The zero-order valence-electron chi connectivity index (χ0n) is 9.98. The van der Waals surface area contributed by atoms with E-state index in [1.165, 1.54) is 12.1 Å². The van der Waals surface area contributed by atoms with Crippen molar-refractivity contribution in [2.45, 2.75) is 32.6 Å². The maximum Gasteiger partial charge on any atom is 0.338 e. The van der Waals surface area contributed by atoms with Gasteiger partial charge in [-0.2, -0.15) is 0 Å². The summed E-state index contributed by atoms with van der Waals surface area (Å²) in [5.41, 5.74) is 0.165. The first-order chi connectivity index (χ1) is 8.13. The summed E-state index contributed by atoms with van der Waals surface area (Å²) in [5, 5.41) is 18.4. The standard InChI is InChI=1S/C13H18O4/c1-2-3-4-5-6-17-13(16)10-7-11(14)9-12(15)8-10/h7-9,14-15H,2-6H2,1H3. The third kappa shape index (κ3) is 4.76. The molecule has 0 aliphatic heterocycles. The van der Waals surface area contributed by atoms with Crippen LogP contribution in [-0.4, -0.2) is 22.8 Å². The summed E-state index contributed by atoms with van der Waals surface area (Å²) in [4.78, 5) is 11.5. The summed E-state index contributed by atoms with van der Waals surface area (Å²) in [6.07, 6.45) is 4.14. The Labute approximate surface area is 101 Å². The molecule has 0 heterocycles. The number of phenols is 2. The number of carbonyl (C=O) groups is 1. The van der Waals surface area contributed by atoms with Gasteiger partial charge in [-0.1, -0.05) is 26.2 Å². The number of hydrogen-bond acceptors (Lipinski definition) is 4. The lowest BCUT2D eigenvalue weighted by atomic mass is 10.2. The molecule has 1 rings (SSSR count). The third-order valence-electron chi connectivity index (χ3n) is 2.37. The predicted octanol–water partition coefficient (Wildman–Crippen LogP) is 2.83. The van der Waals surface area contributed by atoms with Crippen molar-refractivity contribution >= 4 is 5.97 Å². The van der Waals surface area contributed by atoms with Crippen molar-refractivity contribution in [2.24, 2.45) is 0 Å². The third-order valence-corrected chi connectivity index (χ3v) is 2.37. The van der Waals surface area contributed by atoms with E-state index in [1.807, 2.05) is 0 Å². The highest BCUT2D eigenvalue weighted by molar-refractivity contribution is 5.90. The number of esters is 1. The molecule has 1 aromatic carbocycles. The summed E-state index contributed by atoms with van der Waals surface area (Å²) in [5.74, 6) is -0.821. The molecule has 0 unspecified atom stereocenters. The van der Waals surface area contributed by atoms with Crippen LogP contribution in [0.4, 0.5) is 0 Å². The van der Waals surface area contributed by atoms with Gasteiger partial charge >= 0.3 is 5.97 Å². The van der Waals surface area contributed by atoms with Crippen molar-refractivity contribution in [2.75, 3.05) is 6.61 Å². The van der Waals surface area contributed by atoms with Crippen molar-refractivity contribution in [3.8, 4) is 11.5 Å². The van der Waals surface area contributed by atoms with Gasteiger partial charge in [0, 0.05) is 6.07 Å². The summed E-state index contributed by atoms with van der Waals surface area (Å²) in [7, 11) is 0. The minimum atomic E-state index is -0.521. The lowest BCUT2D eigenvalue weighted by Gasteiger charge is -2.05. The lowest BCUT2D eigenvalue weighted by molar-refractivity contribution is 0.0497. The molecule has 0 saturated heterocycles. The van der Waals surface area contributed by atoms with E-state index < -0.39 is 5.97 Å². The molecule has 0 saturated carbocycles. The normalized spacial score (nSPS) is 10.2. The summed E-state index contributed by atoms with van der Waals surface area (Å²) >= 11 is 0. The molecule has 4 heteroatoms. The molecule has 94 valence electrons. The molecule has 0 atom stereocenters. The van der Waals surface area contributed by atoms with Crippen molar-refractivity contribution in [3.05, 3.63) is 23.8 Å². The summed E-state index contributed by atoms with van der Waals surface area (Å²) < 4.78 is 5.02. The van der Waals surface area contributed by atoms with E-state index in [-0.39, 0.29) is 17.1 Å². The number of aromatic hydroxyl groups is 2. The van der Waals surface area contributed by atoms with E-state index in [0.29, 0.717) is 6.61 Å². The molecule has 0 fully saturated rings. The van der Waals surface area contributed by atoms with E-state index in [1.54, 1.807) is 0 Å². The number of benzene rings is 1. The van der Waals surface area contributed by atoms with Gasteiger partial charge in [0.2, 0.25) is 0 Å². The van der Waals surface area contributed by atoms with Gasteiger partial charge in [0.15, 0.2) is 0 Å². The molecule has 0 bridgehead atoms. The minimum absolute atomic E-state index is 0.150. The largest absolute Gasteiger partial charge is 0.508 e. The zero-order chi connectivity index (χ0) is 12.7. The Morgan fingerprint density at radius 2 is 1.76 bits per heavy atom. The van der Waals surface area contributed by atoms with Gasteiger partial charge in [-0.3, -0.25) is 0 Å². The van der Waals surface area contributed by atoms with Gasteiger partial charge in [-0.05, 0) is 18.6 Å². The first-order valence-corrected chi connectivity index (χ1v) is 5.83. The fraction of sp³-hybridized carbons (Fsp3) is 0.462. The molecule has 17 heavy (non-hydrogen) atoms. The van der Waals surface area contributed by atoms with Crippen molar-refractivity contribution < 1.29 is 19.7 Å². The van der Waals surface area contributed by atoms with Crippen LogP contribution in [0.25, 0.3) is 0 Å². The molecule has 0 aliphatic carbocycles. The van der Waals surface area contributed by atoms with Crippen LogP contribution in [0.5, 0.6) is 11.5 Å². The number of phenolic OH excluding ortho intramolecular Hbond substituents is 2. The highest BCUT2D eigenvalue weighted by Gasteiger charge is 2.09. The molecular weight excluding hydrogens is 220 g/mol. The second-order valence-corrected chi connectivity index (χ2v) is 3.93. The van der Waals surface area contributed by atoms with Gasteiger partial charge < -0.3 is 14.9 Å². The Bertz CT molecular complexity index is 353. The van der Waals surface area contributed by atoms with Crippen molar-refractivity contribution in [1.29, 1.82) is 0 Å². The second kappa shape index (κ2) is 6.78. The molecular formula is C13H18O4. The maximum absolute atomic E-state index is 11.5. The second-order valence-electron chi connectivity index (χ2n) is 3.93.